The zero-order valence-electron chi connectivity index (χ0n) is 11.1. The van der Waals surface area contributed by atoms with Gasteiger partial charge in [0, 0.05) is 10.5 Å². The first-order valence-electron chi connectivity index (χ1n) is 6.07. The molecule has 0 radical (unpaired) electrons. The van der Waals surface area contributed by atoms with E-state index in [0.717, 1.165) is 16.2 Å². The highest BCUT2D eigenvalue weighted by molar-refractivity contribution is 7.98. The number of para-hydroxylation sites is 1. The van der Waals surface area contributed by atoms with Crippen LogP contribution in [0, 0.1) is 0 Å². The van der Waals surface area contributed by atoms with E-state index in [1.807, 2.05) is 48.7 Å². The minimum atomic E-state index is 0.0939. The summed E-state index contributed by atoms with van der Waals surface area (Å²) in [7, 11) is 0. The highest BCUT2D eigenvalue weighted by Gasteiger charge is 2.04. The minimum absolute atomic E-state index is 0.0939. The molecule has 0 saturated carbocycles. The molecule has 3 N–H and O–H groups in total. The average molecular weight is 288 g/mol. The molecule has 2 aromatic rings. The quantitative estimate of drug-likeness (QED) is 0.292. The summed E-state index contributed by atoms with van der Waals surface area (Å²) >= 11 is 1.65. The second kappa shape index (κ2) is 6.86. The van der Waals surface area contributed by atoms with Gasteiger partial charge in [-0.2, -0.15) is 0 Å². The Balaban J connectivity index is 2.11. The molecular formula is C15H16N2O2S. The van der Waals surface area contributed by atoms with Crippen LogP contribution in [-0.2, 0) is 6.61 Å². The van der Waals surface area contributed by atoms with Crippen LogP contribution in [0.15, 0.2) is 58.6 Å². The predicted molar refractivity (Wildman–Crippen MR) is 81.5 cm³/mol. The number of oxime groups is 1. The van der Waals surface area contributed by atoms with Crippen LogP contribution in [0.25, 0.3) is 0 Å². The molecule has 4 nitrogen and oxygen atoms in total. The smallest absolute Gasteiger partial charge is 0.170 e. The zero-order chi connectivity index (χ0) is 14.4. The van der Waals surface area contributed by atoms with Crippen LogP contribution < -0.4 is 10.5 Å². The molecule has 0 heterocycles. The van der Waals surface area contributed by atoms with Crippen molar-refractivity contribution >= 4 is 17.6 Å². The Labute approximate surface area is 122 Å². The molecule has 0 spiro atoms. The first-order chi connectivity index (χ1) is 9.74. The lowest BCUT2D eigenvalue weighted by Crippen LogP contribution is -2.13. The van der Waals surface area contributed by atoms with Crippen molar-refractivity contribution < 1.29 is 9.94 Å². The molecule has 20 heavy (non-hydrogen) atoms. The van der Waals surface area contributed by atoms with Crippen LogP contribution in [0.2, 0.25) is 0 Å². The zero-order valence-corrected chi connectivity index (χ0v) is 11.9. The number of nitrogens with zero attached hydrogens (tertiary/aromatic N) is 1. The predicted octanol–water partition coefficient (Wildman–Crippen LogP) is 3.08. The van der Waals surface area contributed by atoms with Gasteiger partial charge in [0.1, 0.15) is 12.4 Å². The van der Waals surface area contributed by atoms with Crippen LogP contribution in [0.5, 0.6) is 5.75 Å². The number of hydrogen-bond acceptors (Lipinski definition) is 4. The molecule has 0 aliphatic heterocycles. The molecule has 0 amide bonds. The van der Waals surface area contributed by atoms with Crippen molar-refractivity contribution in [3.63, 3.8) is 0 Å². The van der Waals surface area contributed by atoms with Crippen LogP contribution in [-0.4, -0.2) is 17.3 Å². The number of thioether (sulfide) groups is 1. The van der Waals surface area contributed by atoms with Crippen LogP contribution in [0.3, 0.4) is 0 Å². The fourth-order valence-electron chi connectivity index (χ4n) is 1.78. The van der Waals surface area contributed by atoms with E-state index in [9.17, 15) is 0 Å². The van der Waals surface area contributed by atoms with Gasteiger partial charge in [0.05, 0.1) is 0 Å². The Morgan fingerprint density at radius 2 is 2.05 bits per heavy atom. The van der Waals surface area contributed by atoms with Crippen LogP contribution >= 0.6 is 11.8 Å². The van der Waals surface area contributed by atoms with Gasteiger partial charge in [-0.3, -0.25) is 0 Å². The van der Waals surface area contributed by atoms with Gasteiger partial charge < -0.3 is 15.7 Å². The number of ether oxygens (including phenoxy) is 1. The van der Waals surface area contributed by atoms with E-state index >= 15 is 0 Å². The summed E-state index contributed by atoms with van der Waals surface area (Å²) in [5, 5.41) is 11.7. The fourth-order valence-corrected chi connectivity index (χ4v) is 2.32. The Kier molecular flexibility index (Phi) is 4.90. The number of benzene rings is 2. The van der Waals surface area contributed by atoms with E-state index in [-0.39, 0.29) is 5.84 Å². The summed E-state index contributed by atoms with van der Waals surface area (Å²) in [4.78, 5) is 1.10. The lowest BCUT2D eigenvalue weighted by molar-refractivity contribution is 0.299. The van der Waals surface area contributed by atoms with Crippen molar-refractivity contribution in [1.29, 1.82) is 0 Å². The van der Waals surface area contributed by atoms with Gasteiger partial charge in [-0.15, -0.1) is 11.8 Å². The topological polar surface area (TPSA) is 67.8 Å². The van der Waals surface area contributed by atoms with Crippen molar-refractivity contribution in [2.24, 2.45) is 10.9 Å². The van der Waals surface area contributed by atoms with Crippen molar-refractivity contribution in [1.82, 2.24) is 0 Å². The normalized spacial score (nSPS) is 11.3. The molecule has 2 aromatic carbocycles. The summed E-state index contributed by atoms with van der Waals surface area (Å²) < 4.78 is 5.82. The van der Waals surface area contributed by atoms with E-state index in [4.69, 9.17) is 15.7 Å². The van der Waals surface area contributed by atoms with E-state index in [2.05, 4.69) is 5.16 Å². The second-order valence-electron chi connectivity index (χ2n) is 4.13. The number of rotatable bonds is 5. The maximum absolute atomic E-state index is 8.68. The molecule has 0 unspecified atom stereocenters. The lowest BCUT2D eigenvalue weighted by atomic mass is 10.1. The standard InChI is InChI=1S/C15H16N2O2S/c1-20-14-8-3-2-7-13(14)19-10-11-5-4-6-12(9-11)15(16)17-18/h2-9,18H,10H2,1H3,(H2,16,17). The highest BCUT2D eigenvalue weighted by Crippen LogP contribution is 2.27. The SMILES string of the molecule is CSc1ccccc1OCc1cccc(C(N)=NO)c1. The third kappa shape index (κ3) is 3.45. The minimum Gasteiger partial charge on any atom is -0.488 e. The molecule has 0 bridgehead atoms. The fraction of sp³-hybridized carbons (Fsp3) is 0.133. The monoisotopic (exact) mass is 288 g/mol. The third-order valence-electron chi connectivity index (χ3n) is 2.79. The Morgan fingerprint density at radius 3 is 2.80 bits per heavy atom. The average Bonchev–Trinajstić information content (AvgIpc) is 2.52. The summed E-state index contributed by atoms with van der Waals surface area (Å²) in [6, 6.07) is 15.3. The summed E-state index contributed by atoms with van der Waals surface area (Å²) in [5.74, 6) is 0.950. The lowest BCUT2D eigenvalue weighted by Gasteiger charge is -2.10. The van der Waals surface area contributed by atoms with E-state index in [1.165, 1.54) is 0 Å². The van der Waals surface area contributed by atoms with Gasteiger partial charge >= 0.3 is 0 Å². The van der Waals surface area contributed by atoms with Crippen molar-refractivity contribution in [2.75, 3.05) is 6.26 Å². The van der Waals surface area contributed by atoms with Crippen LogP contribution in [0.4, 0.5) is 0 Å². The van der Waals surface area contributed by atoms with Gasteiger partial charge in [0.15, 0.2) is 5.84 Å². The largest absolute Gasteiger partial charge is 0.488 e. The molecule has 0 saturated heterocycles. The number of hydrogen-bond donors (Lipinski definition) is 2. The summed E-state index contributed by atoms with van der Waals surface area (Å²) in [6.07, 6.45) is 2.02. The molecule has 0 atom stereocenters. The molecule has 5 heteroatoms. The maximum Gasteiger partial charge on any atom is 0.170 e. The molecule has 2 rings (SSSR count). The van der Waals surface area contributed by atoms with Crippen molar-refractivity contribution in [3.8, 4) is 5.75 Å². The number of nitrogens with two attached hydrogens (primary N) is 1. The van der Waals surface area contributed by atoms with Crippen LogP contribution in [0.1, 0.15) is 11.1 Å². The molecule has 0 aromatic heterocycles. The van der Waals surface area contributed by atoms with Crippen molar-refractivity contribution in [3.05, 3.63) is 59.7 Å². The first-order valence-corrected chi connectivity index (χ1v) is 7.29. The van der Waals surface area contributed by atoms with Gasteiger partial charge in [-0.1, -0.05) is 35.5 Å². The van der Waals surface area contributed by atoms with Gasteiger partial charge in [-0.25, -0.2) is 0 Å². The maximum atomic E-state index is 8.68. The summed E-state index contributed by atoms with van der Waals surface area (Å²) in [5.41, 5.74) is 7.21. The van der Waals surface area contributed by atoms with E-state index in [0.29, 0.717) is 12.2 Å². The number of amidine groups is 1. The summed E-state index contributed by atoms with van der Waals surface area (Å²) in [6.45, 7) is 0.435. The van der Waals surface area contributed by atoms with Crippen molar-refractivity contribution in [2.45, 2.75) is 11.5 Å². The van der Waals surface area contributed by atoms with Gasteiger partial charge in [0.25, 0.3) is 0 Å². The first kappa shape index (κ1) is 14.3. The second-order valence-corrected chi connectivity index (χ2v) is 4.97. The van der Waals surface area contributed by atoms with E-state index < -0.39 is 0 Å². The Bertz CT molecular complexity index is 614. The Hall–Kier alpha value is -2.14. The molecule has 0 aliphatic rings. The molecular weight excluding hydrogens is 272 g/mol. The van der Waals surface area contributed by atoms with Gasteiger partial charge in [-0.05, 0) is 30.0 Å². The third-order valence-corrected chi connectivity index (χ3v) is 3.57. The van der Waals surface area contributed by atoms with Gasteiger partial charge in [0.2, 0.25) is 0 Å². The molecule has 104 valence electrons. The Morgan fingerprint density at radius 1 is 1.25 bits per heavy atom. The molecule has 0 aliphatic carbocycles. The van der Waals surface area contributed by atoms with E-state index in [1.54, 1.807) is 17.8 Å². The highest BCUT2D eigenvalue weighted by atomic mass is 32.2. The molecule has 0 fully saturated rings.